The summed E-state index contributed by atoms with van der Waals surface area (Å²) in [6, 6.07) is 6.49. The summed E-state index contributed by atoms with van der Waals surface area (Å²) in [5.41, 5.74) is 1.72. The standard InChI is InChI=1S/C20H17Cl2N3O3S/c1-10-14-6-12(11(2)26)8-23-19(14)29-18(10)20(28)25(3)9-17(27)24-13-4-5-15(21)16(22)7-13/h4-8H,9H2,1-3H3,(H,24,27). The normalized spacial score (nSPS) is 10.8. The molecule has 0 spiro atoms. The summed E-state index contributed by atoms with van der Waals surface area (Å²) in [7, 11) is 1.55. The van der Waals surface area contributed by atoms with Gasteiger partial charge in [0.1, 0.15) is 4.83 Å². The molecule has 0 saturated carbocycles. The predicted molar refractivity (Wildman–Crippen MR) is 116 cm³/mol. The highest BCUT2D eigenvalue weighted by molar-refractivity contribution is 7.20. The Morgan fingerprint density at radius 1 is 1.17 bits per heavy atom. The highest BCUT2D eigenvalue weighted by atomic mass is 35.5. The Hall–Kier alpha value is -2.48. The van der Waals surface area contributed by atoms with Crippen molar-refractivity contribution < 1.29 is 14.4 Å². The highest BCUT2D eigenvalue weighted by Gasteiger charge is 2.22. The molecule has 2 amide bonds. The van der Waals surface area contributed by atoms with E-state index in [-0.39, 0.29) is 24.1 Å². The number of nitrogens with zero attached hydrogens (tertiary/aromatic N) is 2. The zero-order valence-corrected chi connectivity index (χ0v) is 18.2. The summed E-state index contributed by atoms with van der Waals surface area (Å²) in [5, 5.41) is 4.16. The van der Waals surface area contributed by atoms with Crippen LogP contribution in [0.25, 0.3) is 10.2 Å². The van der Waals surface area contributed by atoms with Crippen molar-refractivity contribution in [2.24, 2.45) is 0 Å². The van der Waals surface area contributed by atoms with Gasteiger partial charge in [-0.2, -0.15) is 0 Å². The summed E-state index contributed by atoms with van der Waals surface area (Å²) in [6.07, 6.45) is 1.50. The zero-order chi connectivity index (χ0) is 21.3. The molecule has 1 aromatic carbocycles. The number of benzene rings is 1. The van der Waals surface area contributed by atoms with Gasteiger partial charge in [0.2, 0.25) is 5.91 Å². The lowest BCUT2D eigenvalue weighted by molar-refractivity contribution is -0.116. The van der Waals surface area contributed by atoms with Crippen LogP contribution in [-0.4, -0.2) is 41.1 Å². The number of carbonyl (C=O) groups excluding carboxylic acids is 3. The molecule has 150 valence electrons. The Morgan fingerprint density at radius 3 is 2.55 bits per heavy atom. The number of Topliss-reactive ketones (excluding diaryl/α,β-unsaturated/α-hetero) is 1. The minimum atomic E-state index is -0.366. The molecule has 0 unspecified atom stereocenters. The van der Waals surface area contributed by atoms with E-state index in [1.165, 1.54) is 35.4 Å². The summed E-state index contributed by atoms with van der Waals surface area (Å²) in [6.45, 7) is 3.14. The summed E-state index contributed by atoms with van der Waals surface area (Å²) in [5.74, 6) is -0.747. The van der Waals surface area contributed by atoms with Crippen molar-refractivity contribution in [2.45, 2.75) is 13.8 Å². The lowest BCUT2D eigenvalue weighted by Gasteiger charge is -2.16. The number of hydrogen-bond acceptors (Lipinski definition) is 5. The number of anilines is 1. The molecule has 0 aliphatic heterocycles. The molecule has 0 atom stereocenters. The molecule has 0 aliphatic rings. The molecular formula is C20H17Cl2N3O3S. The Kier molecular flexibility index (Phi) is 6.21. The molecule has 29 heavy (non-hydrogen) atoms. The summed E-state index contributed by atoms with van der Waals surface area (Å²) in [4.78, 5) is 43.5. The lowest BCUT2D eigenvalue weighted by Crippen LogP contribution is -2.34. The van der Waals surface area contributed by atoms with E-state index in [0.29, 0.717) is 31.0 Å². The first-order valence-corrected chi connectivity index (χ1v) is 10.1. The lowest BCUT2D eigenvalue weighted by atomic mass is 10.1. The molecule has 2 heterocycles. The van der Waals surface area contributed by atoms with Crippen LogP contribution in [0.1, 0.15) is 32.5 Å². The monoisotopic (exact) mass is 449 g/mol. The van der Waals surface area contributed by atoms with Crippen LogP contribution in [0, 0.1) is 6.92 Å². The molecule has 2 aromatic heterocycles. The largest absolute Gasteiger partial charge is 0.332 e. The van der Waals surface area contributed by atoms with E-state index in [9.17, 15) is 14.4 Å². The van der Waals surface area contributed by atoms with Gasteiger partial charge < -0.3 is 10.2 Å². The Balaban J connectivity index is 1.75. The molecule has 6 nitrogen and oxygen atoms in total. The minimum absolute atomic E-state index is 0.0889. The molecule has 0 aliphatic carbocycles. The molecule has 3 aromatic rings. The van der Waals surface area contributed by atoms with E-state index in [2.05, 4.69) is 10.3 Å². The van der Waals surface area contributed by atoms with Crippen molar-refractivity contribution >= 4 is 68.0 Å². The number of nitrogens with one attached hydrogen (secondary N) is 1. The van der Waals surface area contributed by atoms with Crippen LogP contribution in [0.15, 0.2) is 30.5 Å². The first-order chi connectivity index (χ1) is 13.7. The van der Waals surface area contributed by atoms with Gasteiger partial charge in [0.25, 0.3) is 5.91 Å². The number of amides is 2. The fourth-order valence-electron chi connectivity index (χ4n) is 2.73. The van der Waals surface area contributed by atoms with Crippen molar-refractivity contribution in [2.75, 3.05) is 18.9 Å². The van der Waals surface area contributed by atoms with Crippen LogP contribution < -0.4 is 5.32 Å². The number of aromatic nitrogens is 1. The van der Waals surface area contributed by atoms with E-state index in [1.54, 1.807) is 32.2 Å². The Morgan fingerprint density at radius 2 is 1.90 bits per heavy atom. The number of rotatable bonds is 5. The molecule has 1 N–H and O–H groups in total. The third-order valence-electron chi connectivity index (χ3n) is 4.33. The summed E-state index contributed by atoms with van der Waals surface area (Å²) >= 11 is 13.1. The highest BCUT2D eigenvalue weighted by Crippen LogP contribution is 2.31. The van der Waals surface area contributed by atoms with E-state index in [4.69, 9.17) is 23.2 Å². The molecular weight excluding hydrogens is 433 g/mol. The van der Waals surface area contributed by atoms with Crippen molar-refractivity contribution in [1.29, 1.82) is 0 Å². The van der Waals surface area contributed by atoms with E-state index >= 15 is 0 Å². The van der Waals surface area contributed by atoms with Gasteiger partial charge in [0.05, 0.1) is 21.5 Å². The average molecular weight is 450 g/mol. The number of pyridine rings is 1. The molecule has 0 fully saturated rings. The fourth-order valence-corrected chi connectivity index (χ4v) is 4.15. The van der Waals surface area contributed by atoms with Crippen LogP contribution in [0.3, 0.4) is 0 Å². The predicted octanol–water partition coefficient (Wildman–Crippen LogP) is 4.82. The number of halogens is 2. The number of likely N-dealkylation sites (N-methyl/N-ethyl adjacent to an activating group) is 1. The second-order valence-electron chi connectivity index (χ2n) is 6.53. The van der Waals surface area contributed by atoms with E-state index in [1.807, 2.05) is 0 Å². The number of hydrogen-bond donors (Lipinski definition) is 1. The number of ketones is 1. The van der Waals surface area contributed by atoms with Gasteiger partial charge in [-0.3, -0.25) is 14.4 Å². The number of fused-ring (bicyclic) bond motifs is 1. The van der Waals surface area contributed by atoms with Crippen LogP contribution in [-0.2, 0) is 4.79 Å². The molecule has 0 saturated heterocycles. The molecule has 0 bridgehead atoms. The van der Waals surface area contributed by atoms with E-state index < -0.39 is 0 Å². The van der Waals surface area contributed by atoms with Gasteiger partial charge in [0.15, 0.2) is 5.78 Å². The molecule has 0 radical (unpaired) electrons. The van der Waals surface area contributed by atoms with Crippen LogP contribution >= 0.6 is 34.5 Å². The SMILES string of the molecule is CC(=O)c1cnc2sc(C(=O)N(C)CC(=O)Nc3ccc(Cl)c(Cl)c3)c(C)c2c1. The third kappa shape index (κ3) is 4.58. The second kappa shape index (κ2) is 8.49. The molecule has 3 rings (SSSR count). The average Bonchev–Trinajstić information content (AvgIpc) is 3.00. The van der Waals surface area contributed by atoms with Gasteiger partial charge in [-0.05, 0) is 43.7 Å². The summed E-state index contributed by atoms with van der Waals surface area (Å²) < 4.78 is 0. The Labute approximate surface area is 181 Å². The third-order valence-corrected chi connectivity index (χ3v) is 6.27. The van der Waals surface area contributed by atoms with Gasteiger partial charge in [-0.15, -0.1) is 11.3 Å². The van der Waals surface area contributed by atoms with Crippen molar-refractivity contribution in [3.63, 3.8) is 0 Å². The first-order valence-electron chi connectivity index (χ1n) is 8.58. The smallest absolute Gasteiger partial charge is 0.264 e. The quantitative estimate of drug-likeness (QED) is 0.565. The minimum Gasteiger partial charge on any atom is -0.332 e. The second-order valence-corrected chi connectivity index (χ2v) is 8.34. The maximum atomic E-state index is 12.9. The number of carbonyl (C=O) groups is 3. The fraction of sp³-hybridized carbons (Fsp3) is 0.200. The van der Waals surface area contributed by atoms with Gasteiger partial charge >= 0.3 is 0 Å². The topological polar surface area (TPSA) is 79.4 Å². The maximum Gasteiger partial charge on any atom is 0.264 e. The number of thiophene rings is 1. The van der Waals surface area contributed by atoms with Crippen LogP contribution in [0.2, 0.25) is 10.0 Å². The van der Waals surface area contributed by atoms with Gasteiger partial charge in [-0.1, -0.05) is 23.2 Å². The van der Waals surface area contributed by atoms with Crippen molar-refractivity contribution in [1.82, 2.24) is 9.88 Å². The van der Waals surface area contributed by atoms with E-state index in [0.717, 1.165) is 10.9 Å². The number of aryl methyl sites for hydroxylation is 1. The zero-order valence-electron chi connectivity index (χ0n) is 15.9. The van der Waals surface area contributed by atoms with Crippen LogP contribution in [0.5, 0.6) is 0 Å². The Bertz CT molecular complexity index is 1140. The van der Waals surface area contributed by atoms with Crippen molar-refractivity contribution in [3.05, 3.63) is 56.5 Å². The maximum absolute atomic E-state index is 12.9. The van der Waals surface area contributed by atoms with Gasteiger partial charge in [0, 0.05) is 29.9 Å². The molecule has 9 heteroatoms. The van der Waals surface area contributed by atoms with Gasteiger partial charge in [-0.25, -0.2) is 4.98 Å². The first kappa shape index (κ1) is 21.2. The van der Waals surface area contributed by atoms with Crippen LogP contribution in [0.4, 0.5) is 5.69 Å². The van der Waals surface area contributed by atoms with Crippen molar-refractivity contribution in [3.8, 4) is 0 Å².